The van der Waals surface area contributed by atoms with Crippen LogP contribution in [0.25, 0.3) is 0 Å². The molecule has 4 heteroatoms. The average molecular weight is 280 g/mol. The van der Waals surface area contributed by atoms with E-state index in [0.717, 1.165) is 45.2 Å². The molecule has 0 aliphatic carbocycles. The van der Waals surface area contributed by atoms with Crippen LogP contribution in [0, 0.1) is 0 Å². The fraction of sp³-hybridized carbons (Fsp3) is 0.667. The van der Waals surface area contributed by atoms with E-state index >= 15 is 0 Å². The van der Waals surface area contributed by atoms with Crippen molar-refractivity contribution < 1.29 is 4.79 Å². The molecule has 1 aromatic heterocycles. The van der Waals surface area contributed by atoms with Gasteiger partial charge in [0.25, 0.3) is 0 Å². The minimum atomic E-state index is -0.279. The Morgan fingerprint density at radius 3 is 3.00 bits per heavy atom. The molecule has 1 atom stereocenters. The quantitative estimate of drug-likeness (QED) is 0.869. The molecule has 3 nitrogen and oxygen atoms in total. The lowest BCUT2D eigenvalue weighted by atomic mass is 9.90. The third-order valence-corrected chi connectivity index (χ3v) is 4.89. The maximum absolute atomic E-state index is 12.7. The molecule has 1 aliphatic rings. The lowest BCUT2D eigenvalue weighted by Crippen LogP contribution is -2.54. The van der Waals surface area contributed by atoms with Gasteiger partial charge in [-0.1, -0.05) is 19.4 Å². The van der Waals surface area contributed by atoms with Crippen LogP contribution in [-0.4, -0.2) is 36.5 Å². The molecule has 1 fully saturated rings. The Balaban J connectivity index is 1.93. The SMILES string of the molecule is CCCC1(C(=O)N(C)CCc2cccs2)CCCN1. The first-order valence-corrected chi connectivity index (χ1v) is 8.09. The molecule has 0 bridgehead atoms. The zero-order valence-corrected chi connectivity index (χ0v) is 12.8. The number of carbonyl (C=O) groups is 1. The van der Waals surface area contributed by atoms with Gasteiger partial charge in [-0.2, -0.15) is 0 Å². The minimum Gasteiger partial charge on any atom is -0.344 e. The molecule has 2 heterocycles. The highest BCUT2D eigenvalue weighted by Crippen LogP contribution is 2.26. The summed E-state index contributed by atoms with van der Waals surface area (Å²) in [5.41, 5.74) is -0.279. The second-order valence-corrected chi connectivity index (χ2v) is 6.45. The summed E-state index contributed by atoms with van der Waals surface area (Å²) in [7, 11) is 1.94. The van der Waals surface area contributed by atoms with Crippen molar-refractivity contribution in [3.05, 3.63) is 22.4 Å². The molecule has 1 unspecified atom stereocenters. The van der Waals surface area contributed by atoms with Crippen molar-refractivity contribution in [1.29, 1.82) is 0 Å². The minimum absolute atomic E-state index is 0.279. The van der Waals surface area contributed by atoms with Gasteiger partial charge in [-0.25, -0.2) is 0 Å². The predicted molar refractivity (Wildman–Crippen MR) is 80.5 cm³/mol. The van der Waals surface area contributed by atoms with E-state index in [1.54, 1.807) is 11.3 Å². The monoisotopic (exact) mass is 280 g/mol. The lowest BCUT2D eigenvalue weighted by Gasteiger charge is -2.32. The molecule has 0 radical (unpaired) electrons. The largest absolute Gasteiger partial charge is 0.344 e. The second kappa shape index (κ2) is 6.53. The zero-order valence-electron chi connectivity index (χ0n) is 11.9. The maximum atomic E-state index is 12.7. The summed E-state index contributed by atoms with van der Waals surface area (Å²) in [5, 5.41) is 5.55. The van der Waals surface area contributed by atoms with Crippen LogP contribution in [0.1, 0.15) is 37.5 Å². The van der Waals surface area contributed by atoms with Gasteiger partial charge in [0, 0.05) is 18.5 Å². The summed E-state index contributed by atoms with van der Waals surface area (Å²) >= 11 is 1.76. The smallest absolute Gasteiger partial charge is 0.242 e. The van der Waals surface area contributed by atoms with Gasteiger partial charge in [0.1, 0.15) is 0 Å². The van der Waals surface area contributed by atoms with Crippen LogP contribution >= 0.6 is 11.3 Å². The number of rotatable bonds is 6. The van der Waals surface area contributed by atoms with Crippen LogP contribution in [0.3, 0.4) is 0 Å². The van der Waals surface area contributed by atoms with Crippen LogP contribution in [0.4, 0.5) is 0 Å². The molecule has 19 heavy (non-hydrogen) atoms. The van der Waals surface area contributed by atoms with Gasteiger partial charge < -0.3 is 10.2 Å². The van der Waals surface area contributed by atoms with E-state index in [1.807, 2.05) is 11.9 Å². The van der Waals surface area contributed by atoms with Gasteiger partial charge in [-0.05, 0) is 43.7 Å². The number of nitrogens with one attached hydrogen (secondary N) is 1. The number of hydrogen-bond donors (Lipinski definition) is 1. The highest BCUT2D eigenvalue weighted by molar-refractivity contribution is 7.09. The predicted octanol–water partition coefficient (Wildman–Crippen LogP) is 2.67. The number of nitrogens with zero attached hydrogens (tertiary/aromatic N) is 1. The number of amides is 1. The van der Waals surface area contributed by atoms with E-state index in [2.05, 4.69) is 29.8 Å². The first-order chi connectivity index (χ1) is 9.18. The molecule has 0 aromatic carbocycles. The van der Waals surface area contributed by atoms with Crippen molar-refractivity contribution >= 4 is 17.2 Å². The van der Waals surface area contributed by atoms with E-state index in [-0.39, 0.29) is 11.4 Å². The van der Waals surface area contributed by atoms with Gasteiger partial charge >= 0.3 is 0 Å². The summed E-state index contributed by atoms with van der Waals surface area (Å²) in [4.78, 5) is 15.9. The van der Waals surface area contributed by atoms with E-state index in [1.165, 1.54) is 4.88 Å². The first-order valence-electron chi connectivity index (χ1n) is 7.21. The van der Waals surface area contributed by atoms with Crippen molar-refractivity contribution in [3.8, 4) is 0 Å². The highest BCUT2D eigenvalue weighted by Gasteiger charge is 2.41. The van der Waals surface area contributed by atoms with E-state index in [0.29, 0.717) is 0 Å². The van der Waals surface area contributed by atoms with Gasteiger partial charge in [0.2, 0.25) is 5.91 Å². The van der Waals surface area contributed by atoms with E-state index < -0.39 is 0 Å². The molecule has 2 rings (SSSR count). The highest BCUT2D eigenvalue weighted by atomic mass is 32.1. The van der Waals surface area contributed by atoms with Crippen LogP contribution in [0.5, 0.6) is 0 Å². The maximum Gasteiger partial charge on any atom is 0.242 e. The van der Waals surface area contributed by atoms with Crippen LogP contribution in [0.2, 0.25) is 0 Å². The van der Waals surface area contributed by atoms with Crippen molar-refractivity contribution in [2.24, 2.45) is 0 Å². The Morgan fingerprint density at radius 2 is 2.42 bits per heavy atom. The van der Waals surface area contributed by atoms with Crippen molar-refractivity contribution in [2.45, 2.75) is 44.6 Å². The molecule has 1 aromatic rings. The Labute approximate surface area is 120 Å². The molecular formula is C15H24N2OS. The number of carbonyl (C=O) groups excluding carboxylic acids is 1. The molecule has 1 N–H and O–H groups in total. The van der Waals surface area contributed by atoms with Crippen LogP contribution in [0.15, 0.2) is 17.5 Å². The number of thiophene rings is 1. The van der Waals surface area contributed by atoms with Gasteiger partial charge in [0.05, 0.1) is 5.54 Å². The molecule has 0 saturated carbocycles. The second-order valence-electron chi connectivity index (χ2n) is 5.42. The topological polar surface area (TPSA) is 32.3 Å². The first kappa shape index (κ1) is 14.5. The fourth-order valence-electron chi connectivity index (χ4n) is 2.94. The van der Waals surface area contributed by atoms with E-state index in [9.17, 15) is 4.79 Å². The van der Waals surface area contributed by atoms with Crippen molar-refractivity contribution in [3.63, 3.8) is 0 Å². The Bertz CT molecular complexity index is 396. The molecule has 106 valence electrons. The Morgan fingerprint density at radius 1 is 1.58 bits per heavy atom. The third kappa shape index (κ3) is 3.37. The van der Waals surface area contributed by atoms with Crippen molar-refractivity contribution in [2.75, 3.05) is 20.1 Å². The van der Waals surface area contributed by atoms with Crippen LogP contribution in [-0.2, 0) is 11.2 Å². The lowest BCUT2D eigenvalue weighted by molar-refractivity contribution is -0.136. The Kier molecular flexibility index (Phi) is 4.99. The molecule has 0 spiro atoms. The number of likely N-dealkylation sites (N-methyl/N-ethyl adjacent to an activating group) is 1. The molecular weight excluding hydrogens is 256 g/mol. The molecule has 1 amide bonds. The van der Waals surface area contributed by atoms with Crippen LogP contribution < -0.4 is 5.32 Å². The van der Waals surface area contributed by atoms with Crippen molar-refractivity contribution in [1.82, 2.24) is 10.2 Å². The molecule has 1 aliphatic heterocycles. The fourth-order valence-corrected chi connectivity index (χ4v) is 3.63. The normalized spacial score (nSPS) is 22.6. The third-order valence-electron chi connectivity index (χ3n) is 3.95. The Hall–Kier alpha value is -0.870. The zero-order chi connectivity index (χ0) is 13.7. The van der Waals surface area contributed by atoms with Gasteiger partial charge in [-0.3, -0.25) is 4.79 Å². The summed E-state index contributed by atoms with van der Waals surface area (Å²) < 4.78 is 0. The summed E-state index contributed by atoms with van der Waals surface area (Å²) in [6.45, 7) is 3.94. The summed E-state index contributed by atoms with van der Waals surface area (Å²) in [6, 6.07) is 4.21. The molecule has 1 saturated heterocycles. The summed E-state index contributed by atoms with van der Waals surface area (Å²) in [6.07, 6.45) is 5.07. The van der Waals surface area contributed by atoms with Gasteiger partial charge in [0.15, 0.2) is 0 Å². The standard InChI is InChI=1S/C15H24N2OS/c1-3-8-15(9-5-10-16-15)14(18)17(2)11-7-13-6-4-12-19-13/h4,6,12,16H,3,5,7-11H2,1-2H3. The van der Waals surface area contributed by atoms with E-state index in [4.69, 9.17) is 0 Å². The number of hydrogen-bond acceptors (Lipinski definition) is 3. The summed E-state index contributed by atoms with van der Waals surface area (Å²) in [5.74, 6) is 0.281. The van der Waals surface area contributed by atoms with Gasteiger partial charge in [-0.15, -0.1) is 11.3 Å². The average Bonchev–Trinajstić information content (AvgIpc) is 3.07.